The number of aromatic nitrogens is 2. The lowest BCUT2D eigenvalue weighted by molar-refractivity contribution is 0.0918. The van der Waals surface area contributed by atoms with Crippen molar-refractivity contribution in [2.24, 2.45) is 0 Å². The summed E-state index contributed by atoms with van der Waals surface area (Å²) in [5.74, 6) is -0.457. The number of hydrogen-bond acceptors (Lipinski definition) is 4. The zero-order chi connectivity index (χ0) is 16.8. The van der Waals surface area contributed by atoms with E-state index in [2.05, 4.69) is 15.5 Å². The van der Waals surface area contributed by atoms with E-state index in [1.807, 2.05) is 30.3 Å². The van der Waals surface area contributed by atoms with E-state index in [-0.39, 0.29) is 11.7 Å². The molecule has 0 unspecified atom stereocenters. The van der Waals surface area contributed by atoms with E-state index >= 15 is 0 Å². The van der Waals surface area contributed by atoms with Gasteiger partial charge < -0.3 is 9.73 Å². The third-order valence-corrected chi connectivity index (χ3v) is 3.47. The van der Waals surface area contributed by atoms with Crippen LogP contribution in [0.4, 0.5) is 4.39 Å². The van der Waals surface area contributed by atoms with Crippen molar-refractivity contribution < 1.29 is 13.6 Å². The van der Waals surface area contributed by atoms with Gasteiger partial charge in [0.15, 0.2) is 0 Å². The van der Waals surface area contributed by atoms with Gasteiger partial charge in [-0.3, -0.25) is 4.79 Å². The molecule has 0 fully saturated rings. The summed E-state index contributed by atoms with van der Waals surface area (Å²) < 4.78 is 18.2. The minimum Gasteiger partial charge on any atom is -0.417 e. The summed E-state index contributed by atoms with van der Waals surface area (Å²) >= 11 is 0. The largest absolute Gasteiger partial charge is 0.417 e. The number of carbonyl (C=O) groups excluding carboxylic acids is 1. The van der Waals surface area contributed by atoms with Crippen molar-refractivity contribution >= 4 is 5.91 Å². The Kier molecular flexibility index (Phi) is 4.96. The second-order valence-corrected chi connectivity index (χ2v) is 5.30. The number of amides is 1. The van der Waals surface area contributed by atoms with Gasteiger partial charge in [0.05, 0.1) is 6.42 Å². The van der Waals surface area contributed by atoms with E-state index in [0.29, 0.717) is 18.9 Å². The Bertz CT molecular complexity index is 801. The van der Waals surface area contributed by atoms with Crippen LogP contribution in [-0.2, 0) is 12.8 Å². The van der Waals surface area contributed by atoms with Crippen LogP contribution in [0, 0.1) is 5.82 Å². The summed E-state index contributed by atoms with van der Waals surface area (Å²) in [7, 11) is 0. The number of nitrogens with one attached hydrogen (secondary N) is 1. The van der Waals surface area contributed by atoms with Crippen LogP contribution < -0.4 is 5.32 Å². The first-order valence-electron chi connectivity index (χ1n) is 7.59. The molecular formula is C18H16FN3O2. The lowest BCUT2D eigenvalue weighted by Crippen LogP contribution is -2.26. The molecule has 0 aliphatic carbocycles. The summed E-state index contributed by atoms with van der Waals surface area (Å²) in [6, 6.07) is 15.9. The fraction of sp³-hybridized carbons (Fsp3) is 0.167. The van der Waals surface area contributed by atoms with Crippen LogP contribution in [0.1, 0.15) is 27.7 Å². The maximum Gasteiger partial charge on any atom is 0.308 e. The van der Waals surface area contributed by atoms with Gasteiger partial charge in [-0.05, 0) is 29.7 Å². The molecule has 2 aromatic carbocycles. The van der Waals surface area contributed by atoms with Crippen LogP contribution >= 0.6 is 0 Å². The molecule has 3 aromatic rings. The number of rotatable bonds is 6. The topological polar surface area (TPSA) is 68.0 Å². The van der Waals surface area contributed by atoms with E-state index in [1.165, 1.54) is 12.1 Å². The highest BCUT2D eigenvalue weighted by atomic mass is 19.1. The highest BCUT2D eigenvalue weighted by molar-refractivity contribution is 5.89. The average molecular weight is 325 g/mol. The SMILES string of the molecule is O=C(NCCc1ccccc1)c1nnc(Cc2ccc(F)cc2)o1. The Hall–Kier alpha value is -3.02. The van der Waals surface area contributed by atoms with Gasteiger partial charge in [0.1, 0.15) is 5.82 Å². The van der Waals surface area contributed by atoms with E-state index in [9.17, 15) is 9.18 Å². The molecule has 1 amide bonds. The normalized spacial score (nSPS) is 10.5. The summed E-state index contributed by atoms with van der Waals surface area (Å²) in [5, 5.41) is 10.3. The lowest BCUT2D eigenvalue weighted by atomic mass is 10.1. The standard InChI is InChI=1S/C18H16FN3O2/c19-15-8-6-14(7-9-15)12-16-21-22-18(24-16)17(23)20-11-10-13-4-2-1-3-5-13/h1-9H,10-12H2,(H,20,23). The number of halogens is 1. The van der Waals surface area contributed by atoms with Crippen molar-refractivity contribution in [3.05, 3.63) is 83.3 Å². The molecule has 0 atom stereocenters. The van der Waals surface area contributed by atoms with Crippen molar-refractivity contribution in [3.63, 3.8) is 0 Å². The third kappa shape index (κ3) is 4.25. The van der Waals surface area contributed by atoms with E-state index < -0.39 is 5.91 Å². The van der Waals surface area contributed by atoms with Crippen LogP contribution in [0.3, 0.4) is 0 Å². The molecule has 24 heavy (non-hydrogen) atoms. The smallest absolute Gasteiger partial charge is 0.308 e. The first-order chi connectivity index (χ1) is 11.7. The van der Waals surface area contributed by atoms with Crippen LogP contribution in [0.15, 0.2) is 59.0 Å². The molecular weight excluding hydrogens is 309 g/mol. The minimum absolute atomic E-state index is 0.0693. The van der Waals surface area contributed by atoms with Gasteiger partial charge in [0, 0.05) is 6.54 Å². The molecule has 6 heteroatoms. The van der Waals surface area contributed by atoms with Crippen molar-refractivity contribution in [2.75, 3.05) is 6.54 Å². The second kappa shape index (κ2) is 7.50. The van der Waals surface area contributed by atoms with Gasteiger partial charge >= 0.3 is 11.8 Å². The minimum atomic E-state index is -0.399. The van der Waals surface area contributed by atoms with Crippen LogP contribution in [0.5, 0.6) is 0 Å². The van der Waals surface area contributed by atoms with Crippen molar-refractivity contribution in [3.8, 4) is 0 Å². The molecule has 0 radical (unpaired) electrons. The van der Waals surface area contributed by atoms with Gasteiger partial charge in [-0.1, -0.05) is 42.5 Å². The van der Waals surface area contributed by atoms with Gasteiger partial charge in [0.2, 0.25) is 5.89 Å². The zero-order valence-corrected chi connectivity index (χ0v) is 12.9. The highest BCUT2D eigenvalue weighted by Crippen LogP contribution is 2.09. The number of nitrogens with zero attached hydrogens (tertiary/aromatic N) is 2. The third-order valence-electron chi connectivity index (χ3n) is 3.47. The van der Waals surface area contributed by atoms with Crippen LogP contribution in [-0.4, -0.2) is 22.6 Å². The van der Waals surface area contributed by atoms with E-state index in [1.54, 1.807) is 12.1 Å². The highest BCUT2D eigenvalue weighted by Gasteiger charge is 2.14. The monoisotopic (exact) mass is 325 g/mol. The lowest BCUT2D eigenvalue weighted by Gasteiger charge is -2.02. The summed E-state index contributed by atoms with van der Waals surface area (Å²) in [6.07, 6.45) is 1.08. The quantitative estimate of drug-likeness (QED) is 0.757. The summed E-state index contributed by atoms with van der Waals surface area (Å²) in [5.41, 5.74) is 1.97. The molecule has 122 valence electrons. The van der Waals surface area contributed by atoms with Crippen molar-refractivity contribution in [1.82, 2.24) is 15.5 Å². The van der Waals surface area contributed by atoms with E-state index in [0.717, 1.165) is 17.5 Å². The molecule has 0 saturated heterocycles. The predicted molar refractivity (Wildman–Crippen MR) is 86.0 cm³/mol. The van der Waals surface area contributed by atoms with Crippen LogP contribution in [0.25, 0.3) is 0 Å². The molecule has 0 bridgehead atoms. The molecule has 0 aliphatic heterocycles. The maximum absolute atomic E-state index is 12.9. The van der Waals surface area contributed by atoms with Gasteiger partial charge in [0.25, 0.3) is 0 Å². The van der Waals surface area contributed by atoms with Crippen LogP contribution in [0.2, 0.25) is 0 Å². The second-order valence-electron chi connectivity index (χ2n) is 5.30. The molecule has 0 aliphatic rings. The van der Waals surface area contributed by atoms with Gasteiger partial charge in [-0.15, -0.1) is 10.2 Å². The molecule has 5 nitrogen and oxygen atoms in total. The fourth-order valence-electron chi connectivity index (χ4n) is 2.23. The average Bonchev–Trinajstić information content (AvgIpc) is 3.06. The molecule has 1 heterocycles. The van der Waals surface area contributed by atoms with E-state index in [4.69, 9.17) is 4.42 Å². The Morgan fingerprint density at radius 1 is 1.00 bits per heavy atom. The number of hydrogen-bond donors (Lipinski definition) is 1. The molecule has 1 N–H and O–H groups in total. The Labute approximate surface area is 138 Å². The fourth-order valence-corrected chi connectivity index (χ4v) is 2.23. The molecule has 1 aromatic heterocycles. The number of benzene rings is 2. The maximum atomic E-state index is 12.9. The molecule has 0 spiro atoms. The number of carbonyl (C=O) groups is 1. The van der Waals surface area contributed by atoms with Gasteiger partial charge in [-0.25, -0.2) is 4.39 Å². The first-order valence-corrected chi connectivity index (χ1v) is 7.59. The molecule has 0 saturated carbocycles. The Morgan fingerprint density at radius 3 is 2.50 bits per heavy atom. The van der Waals surface area contributed by atoms with Gasteiger partial charge in [-0.2, -0.15) is 0 Å². The predicted octanol–water partition coefficient (Wildman–Crippen LogP) is 2.77. The Balaban J connectivity index is 1.52. The molecule has 3 rings (SSSR count). The summed E-state index contributed by atoms with van der Waals surface area (Å²) in [4.78, 5) is 12.0. The summed E-state index contributed by atoms with van der Waals surface area (Å²) in [6.45, 7) is 0.485. The Morgan fingerprint density at radius 2 is 1.75 bits per heavy atom. The van der Waals surface area contributed by atoms with Crippen molar-refractivity contribution in [1.29, 1.82) is 0 Å². The first kappa shape index (κ1) is 15.9. The van der Waals surface area contributed by atoms with Crippen molar-refractivity contribution in [2.45, 2.75) is 12.8 Å². The zero-order valence-electron chi connectivity index (χ0n) is 12.9.